The Morgan fingerprint density at radius 3 is 2.59 bits per heavy atom. The van der Waals surface area contributed by atoms with E-state index in [0.717, 1.165) is 10.8 Å². The minimum atomic E-state index is -0.604. The molecule has 4 nitrogen and oxygen atoms in total. The molecule has 0 saturated heterocycles. The highest BCUT2D eigenvalue weighted by molar-refractivity contribution is 5.97. The zero-order valence-electron chi connectivity index (χ0n) is 8.92. The van der Waals surface area contributed by atoms with Crippen molar-refractivity contribution in [2.75, 3.05) is 0 Å². The molecule has 0 spiro atoms. The van der Waals surface area contributed by atoms with Crippen LogP contribution in [0, 0.1) is 0 Å². The van der Waals surface area contributed by atoms with Crippen LogP contribution < -0.4 is 5.73 Å². The van der Waals surface area contributed by atoms with Gasteiger partial charge in [0.05, 0.1) is 11.4 Å². The molecule has 1 aliphatic heterocycles. The first-order valence-electron chi connectivity index (χ1n) is 5.21. The first kappa shape index (κ1) is 9.72. The summed E-state index contributed by atoms with van der Waals surface area (Å²) < 4.78 is 0. The minimum absolute atomic E-state index is 0.0661. The Hall–Kier alpha value is -2.49. The summed E-state index contributed by atoms with van der Waals surface area (Å²) in [5.41, 5.74) is 6.58. The topological polar surface area (TPSA) is 68.9 Å². The van der Waals surface area contributed by atoms with Gasteiger partial charge in [0, 0.05) is 5.39 Å². The highest BCUT2D eigenvalue weighted by atomic mass is 16.1. The Morgan fingerprint density at radius 1 is 1.00 bits per heavy atom. The van der Waals surface area contributed by atoms with E-state index >= 15 is 0 Å². The second-order valence-corrected chi connectivity index (χ2v) is 3.76. The van der Waals surface area contributed by atoms with Crippen LogP contribution in [-0.2, 0) is 0 Å². The average Bonchev–Trinajstić information content (AvgIpc) is 2.67. The molecule has 2 N–H and O–H groups in total. The fourth-order valence-electron chi connectivity index (χ4n) is 1.88. The molecule has 17 heavy (non-hydrogen) atoms. The third-order valence-electron chi connectivity index (χ3n) is 2.65. The SMILES string of the molecule is NC(=O)c1nc2cccc3ccccc3c-2n1. The molecule has 82 valence electrons. The van der Waals surface area contributed by atoms with E-state index in [0.29, 0.717) is 11.4 Å². The van der Waals surface area contributed by atoms with Gasteiger partial charge in [0.15, 0.2) is 0 Å². The Labute approximate surface area is 97.5 Å². The highest BCUT2D eigenvalue weighted by Crippen LogP contribution is 2.26. The summed E-state index contributed by atoms with van der Waals surface area (Å²) in [5.74, 6) is -0.538. The van der Waals surface area contributed by atoms with E-state index < -0.39 is 5.91 Å². The third kappa shape index (κ3) is 1.50. The number of rotatable bonds is 1. The third-order valence-corrected chi connectivity index (χ3v) is 2.65. The Morgan fingerprint density at radius 2 is 1.76 bits per heavy atom. The maximum atomic E-state index is 11.1. The van der Waals surface area contributed by atoms with E-state index in [2.05, 4.69) is 9.97 Å². The number of aromatic nitrogens is 2. The summed E-state index contributed by atoms with van der Waals surface area (Å²) in [4.78, 5) is 19.4. The quantitative estimate of drug-likeness (QED) is 0.684. The van der Waals surface area contributed by atoms with Gasteiger partial charge in [-0.25, -0.2) is 9.97 Å². The average molecular weight is 223 g/mol. The molecule has 0 radical (unpaired) electrons. The van der Waals surface area contributed by atoms with Crippen LogP contribution in [0.5, 0.6) is 0 Å². The minimum Gasteiger partial charge on any atom is -0.363 e. The van der Waals surface area contributed by atoms with Crippen LogP contribution in [0.15, 0.2) is 42.5 Å². The van der Waals surface area contributed by atoms with Crippen LogP contribution >= 0.6 is 0 Å². The lowest BCUT2D eigenvalue weighted by molar-refractivity contribution is 0.0991. The van der Waals surface area contributed by atoms with Gasteiger partial charge in [-0.3, -0.25) is 4.79 Å². The van der Waals surface area contributed by atoms with Crippen molar-refractivity contribution < 1.29 is 4.79 Å². The van der Waals surface area contributed by atoms with E-state index in [4.69, 9.17) is 5.73 Å². The summed E-state index contributed by atoms with van der Waals surface area (Å²) in [6.07, 6.45) is 0. The Balaban J connectivity index is 2.44. The van der Waals surface area contributed by atoms with E-state index in [9.17, 15) is 4.79 Å². The number of primary amides is 1. The van der Waals surface area contributed by atoms with Crippen LogP contribution in [0.4, 0.5) is 0 Å². The Kier molecular flexibility index (Phi) is 2.01. The van der Waals surface area contributed by atoms with Gasteiger partial charge < -0.3 is 5.73 Å². The van der Waals surface area contributed by atoms with Gasteiger partial charge in [-0.1, -0.05) is 36.4 Å². The smallest absolute Gasteiger partial charge is 0.286 e. The van der Waals surface area contributed by atoms with Crippen molar-refractivity contribution in [2.45, 2.75) is 0 Å². The number of nitrogens with zero attached hydrogens (tertiary/aromatic N) is 2. The number of hydrogen-bond donors (Lipinski definition) is 1. The van der Waals surface area contributed by atoms with Gasteiger partial charge in [-0.2, -0.15) is 0 Å². The van der Waals surface area contributed by atoms with Gasteiger partial charge in [0.1, 0.15) is 0 Å². The maximum Gasteiger partial charge on any atom is 0.286 e. The standard InChI is InChI=1S/C13H9N3O/c14-12(17)13-15-10-7-3-5-8-4-1-2-6-9(8)11(10)16-13/h1-7H,(H2,14,17). The van der Waals surface area contributed by atoms with Crippen LogP contribution in [0.1, 0.15) is 10.6 Å². The van der Waals surface area contributed by atoms with Crippen LogP contribution in [-0.4, -0.2) is 15.9 Å². The summed E-state index contributed by atoms with van der Waals surface area (Å²) in [7, 11) is 0. The number of carbonyl (C=O) groups is 1. The predicted octanol–water partition coefficient (Wildman–Crippen LogP) is 1.83. The van der Waals surface area contributed by atoms with Gasteiger partial charge in [-0.05, 0) is 11.5 Å². The van der Waals surface area contributed by atoms with E-state index in [1.807, 2.05) is 42.5 Å². The zero-order chi connectivity index (χ0) is 11.8. The van der Waals surface area contributed by atoms with Gasteiger partial charge in [-0.15, -0.1) is 0 Å². The van der Waals surface area contributed by atoms with Crippen LogP contribution in [0.3, 0.4) is 0 Å². The molecular weight excluding hydrogens is 214 g/mol. The molecule has 2 aliphatic rings. The number of amides is 1. The van der Waals surface area contributed by atoms with E-state index in [-0.39, 0.29) is 5.82 Å². The molecular formula is C13H9N3O. The van der Waals surface area contributed by atoms with Crippen molar-refractivity contribution in [3.63, 3.8) is 0 Å². The molecule has 0 bridgehead atoms. The fraction of sp³-hybridized carbons (Fsp3) is 0. The fourth-order valence-corrected chi connectivity index (χ4v) is 1.88. The molecule has 0 fully saturated rings. The molecule has 1 aromatic rings. The zero-order valence-corrected chi connectivity index (χ0v) is 8.92. The number of nitrogens with two attached hydrogens (primary N) is 1. The molecule has 1 aliphatic carbocycles. The molecule has 1 aromatic carbocycles. The second kappa shape index (κ2) is 3.52. The highest BCUT2D eigenvalue weighted by Gasteiger charge is 2.15. The van der Waals surface area contributed by atoms with Crippen LogP contribution in [0.2, 0.25) is 0 Å². The number of imidazole rings is 1. The van der Waals surface area contributed by atoms with Crippen molar-refractivity contribution in [3.05, 3.63) is 48.3 Å². The normalized spacial score (nSPS) is 10.8. The first-order valence-corrected chi connectivity index (χ1v) is 5.21. The lowest BCUT2D eigenvalue weighted by atomic mass is 10.1. The maximum absolute atomic E-state index is 11.1. The molecule has 3 rings (SSSR count). The number of hydrogen-bond acceptors (Lipinski definition) is 3. The van der Waals surface area contributed by atoms with E-state index in [1.165, 1.54) is 0 Å². The van der Waals surface area contributed by atoms with Crippen molar-refractivity contribution in [3.8, 4) is 11.4 Å². The molecule has 0 atom stereocenters. The lowest BCUT2D eigenvalue weighted by Gasteiger charge is -1.94. The van der Waals surface area contributed by atoms with Crippen molar-refractivity contribution in [2.24, 2.45) is 5.73 Å². The van der Waals surface area contributed by atoms with Crippen molar-refractivity contribution in [1.82, 2.24) is 9.97 Å². The number of benzene rings is 1. The lowest BCUT2D eigenvalue weighted by Crippen LogP contribution is -2.12. The van der Waals surface area contributed by atoms with Gasteiger partial charge >= 0.3 is 0 Å². The Bertz CT molecular complexity index is 693. The summed E-state index contributed by atoms with van der Waals surface area (Å²) in [6, 6.07) is 13.5. The number of fused-ring (bicyclic) bond motifs is 3. The molecule has 0 aromatic heterocycles. The van der Waals surface area contributed by atoms with Gasteiger partial charge in [0.25, 0.3) is 5.91 Å². The molecule has 1 amide bonds. The number of carbonyl (C=O) groups excluding carboxylic acids is 1. The summed E-state index contributed by atoms with van der Waals surface area (Å²) in [6.45, 7) is 0. The van der Waals surface area contributed by atoms with Crippen molar-refractivity contribution >= 4 is 16.7 Å². The van der Waals surface area contributed by atoms with Gasteiger partial charge in [0.2, 0.25) is 5.82 Å². The molecule has 0 unspecified atom stereocenters. The largest absolute Gasteiger partial charge is 0.363 e. The molecule has 1 heterocycles. The van der Waals surface area contributed by atoms with E-state index in [1.54, 1.807) is 0 Å². The molecule has 4 heteroatoms. The monoisotopic (exact) mass is 223 g/mol. The second-order valence-electron chi connectivity index (χ2n) is 3.76. The summed E-state index contributed by atoms with van der Waals surface area (Å²) in [5, 5.41) is 2.02. The molecule has 0 saturated carbocycles. The summed E-state index contributed by atoms with van der Waals surface area (Å²) >= 11 is 0. The van der Waals surface area contributed by atoms with Crippen LogP contribution in [0.25, 0.3) is 22.2 Å². The predicted molar refractivity (Wildman–Crippen MR) is 64.7 cm³/mol. The van der Waals surface area contributed by atoms with Crippen molar-refractivity contribution in [1.29, 1.82) is 0 Å². The first-order chi connectivity index (χ1) is 8.25.